The maximum atomic E-state index is 11.7. The van der Waals surface area contributed by atoms with Crippen molar-refractivity contribution in [3.8, 4) is 11.5 Å². The molecule has 7 nitrogen and oxygen atoms in total. The molecule has 1 aromatic heterocycles. The number of hydrogen-bond donors (Lipinski definition) is 2. The first-order valence-corrected chi connectivity index (χ1v) is 7.44. The summed E-state index contributed by atoms with van der Waals surface area (Å²) in [6.45, 7) is 0.578. The van der Waals surface area contributed by atoms with Crippen molar-refractivity contribution in [2.75, 3.05) is 13.7 Å². The van der Waals surface area contributed by atoms with Gasteiger partial charge in [-0.25, -0.2) is 4.79 Å². The largest absolute Gasteiger partial charge is 0.497 e. The Hall–Kier alpha value is -2.96. The van der Waals surface area contributed by atoms with Gasteiger partial charge in [0.1, 0.15) is 17.3 Å². The van der Waals surface area contributed by atoms with Gasteiger partial charge in [0.2, 0.25) is 11.7 Å². The van der Waals surface area contributed by atoms with Crippen LogP contribution >= 0.6 is 0 Å². The first-order valence-electron chi connectivity index (χ1n) is 7.44. The van der Waals surface area contributed by atoms with Gasteiger partial charge in [0.15, 0.2) is 0 Å². The Balaban J connectivity index is 1.62. The van der Waals surface area contributed by atoms with Gasteiger partial charge in [-0.15, -0.1) is 0 Å². The quantitative estimate of drug-likeness (QED) is 0.684. The summed E-state index contributed by atoms with van der Waals surface area (Å²) in [5.41, 5.74) is 0. The lowest BCUT2D eigenvalue weighted by Crippen LogP contribution is -2.22. The molecule has 0 spiro atoms. The number of aromatic carboxylic acids is 1. The predicted octanol–water partition coefficient (Wildman–Crippen LogP) is 2.46. The van der Waals surface area contributed by atoms with Crippen LogP contribution in [0.3, 0.4) is 0 Å². The molecular formula is C17H19NO6. The van der Waals surface area contributed by atoms with E-state index in [4.69, 9.17) is 19.0 Å². The number of ether oxygens (including phenoxy) is 2. The highest BCUT2D eigenvalue weighted by Crippen LogP contribution is 2.17. The summed E-state index contributed by atoms with van der Waals surface area (Å²) in [7, 11) is 1.60. The van der Waals surface area contributed by atoms with E-state index >= 15 is 0 Å². The van der Waals surface area contributed by atoms with Gasteiger partial charge in [0, 0.05) is 6.42 Å². The van der Waals surface area contributed by atoms with Crippen LogP contribution in [0.25, 0.3) is 0 Å². The summed E-state index contributed by atoms with van der Waals surface area (Å²) in [6, 6.07) is 10.1. The van der Waals surface area contributed by atoms with Gasteiger partial charge in [-0.3, -0.25) is 4.79 Å². The number of methoxy groups -OCH3 is 1. The van der Waals surface area contributed by atoms with Gasteiger partial charge in [-0.2, -0.15) is 0 Å². The van der Waals surface area contributed by atoms with E-state index < -0.39 is 5.97 Å². The monoisotopic (exact) mass is 333 g/mol. The SMILES string of the molecule is COc1ccc(OCCCC(=O)NCc2ccc(C(=O)O)o2)cc1. The van der Waals surface area contributed by atoms with Gasteiger partial charge in [-0.1, -0.05) is 0 Å². The van der Waals surface area contributed by atoms with Crippen molar-refractivity contribution in [3.05, 3.63) is 47.9 Å². The number of carbonyl (C=O) groups excluding carboxylic acids is 1. The molecule has 2 rings (SSSR count). The van der Waals surface area contributed by atoms with Crippen molar-refractivity contribution in [1.29, 1.82) is 0 Å². The third kappa shape index (κ3) is 5.35. The van der Waals surface area contributed by atoms with Crippen LogP contribution in [-0.2, 0) is 11.3 Å². The fourth-order valence-electron chi connectivity index (χ4n) is 1.96. The summed E-state index contributed by atoms with van der Waals surface area (Å²) in [5, 5.41) is 11.4. The molecule has 0 aliphatic carbocycles. The standard InChI is InChI=1S/C17H19NO6/c1-22-12-4-6-13(7-5-12)23-10-2-3-16(19)18-11-14-8-9-15(24-14)17(20)21/h4-9H,2-3,10-11H2,1H3,(H,18,19)(H,20,21). The van der Waals surface area contributed by atoms with E-state index in [1.54, 1.807) is 31.4 Å². The van der Waals surface area contributed by atoms with E-state index in [0.29, 0.717) is 31.0 Å². The van der Waals surface area contributed by atoms with Crippen LogP contribution in [0.5, 0.6) is 11.5 Å². The molecule has 0 radical (unpaired) electrons. The second kappa shape index (κ2) is 8.61. The van der Waals surface area contributed by atoms with Gasteiger partial charge < -0.3 is 24.3 Å². The van der Waals surface area contributed by atoms with E-state index in [0.717, 1.165) is 5.75 Å². The molecule has 0 bridgehead atoms. The maximum Gasteiger partial charge on any atom is 0.371 e. The number of carboxylic acid groups (broad SMARTS) is 1. The summed E-state index contributed by atoms with van der Waals surface area (Å²) in [5.74, 6) is 0.436. The number of carboxylic acids is 1. The van der Waals surface area contributed by atoms with Crippen LogP contribution in [0.4, 0.5) is 0 Å². The highest BCUT2D eigenvalue weighted by Gasteiger charge is 2.09. The molecule has 2 aromatic rings. The third-order valence-corrected chi connectivity index (χ3v) is 3.21. The number of carbonyl (C=O) groups is 2. The number of benzene rings is 1. The molecule has 0 saturated carbocycles. The minimum atomic E-state index is -1.14. The fraction of sp³-hybridized carbons (Fsp3) is 0.294. The molecular weight excluding hydrogens is 314 g/mol. The van der Waals surface area contributed by atoms with Crippen molar-refractivity contribution < 1.29 is 28.6 Å². The fourth-order valence-corrected chi connectivity index (χ4v) is 1.96. The van der Waals surface area contributed by atoms with E-state index in [1.165, 1.54) is 12.1 Å². The molecule has 1 amide bonds. The Kier molecular flexibility index (Phi) is 6.24. The Morgan fingerprint density at radius 3 is 2.46 bits per heavy atom. The molecule has 0 aliphatic heterocycles. The highest BCUT2D eigenvalue weighted by atomic mass is 16.5. The molecule has 1 heterocycles. The number of rotatable bonds is 9. The highest BCUT2D eigenvalue weighted by molar-refractivity contribution is 5.84. The van der Waals surface area contributed by atoms with Crippen molar-refractivity contribution in [2.24, 2.45) is 0 Å². The molecule has 0 saturated heterocycles. The van der Waals surface area contributed by atoms with Gasteiger partial charge in [0.05, 0.1) is 20.3 Å². The summed E-state index contributed by atoms with van der Waals surface area (Å²) in [4.78, 5) is 22.4. The smallest absolute Gasteiger partial charge is 0.371 e. The van der Waals surface area contributed by atoms with E-state index in [2.05, 4.69) is 5.32 Å². The van der Waals surface area contributed by atoms with Gasteiger partial charge >= 0.3 is 5.97 Å². The molecule has 0 fully saturated rings. The summed E-state index contributed by atoms with van der Waals surface area (Å²) >= 11 is 0. The number of amides is 1. The average Bonchev–Trinajstić information content (AvgIpc) is 3.07. The topological polar surface area (TPSA) is 98.0 Å². The van der Waals surface area contributed by atoms with E-state index in [1.807, 2.05) is 0 Å². The number of furan rings is 1. The van der Waals surface area contributed by atoms with Crippen LogP contribution in [0.2, 0.25) is 0 Å². The molecule has 0 atom stereocenters. The number of nitrogens with one attached hydrogen (secondary N) is 1. The molecule has 24 heavy (non-hydrogen) atoms. The Morgan fingerprint density at radius 2 is 1.83 bits per heavy atom. The minimum Gasteiger partial charge on any atom is -0.497 e. The Morgan fingerprint density at radius 1 is 1.12 bits per heavy atom. The maximum absolute atomic E-state index is 11.7. The first kappa shape index (κ1) is 17.4. The minimum absolute atomic E-state index is 0.146. The van der Waals surface area contributed by atoms with Crippen LogP contribution in [0.15, 0.2) is 40.8 Å². The Bertz CT molecular complexity index is 677. The lowest BCUT2D eigenvalue weighted by molar-refractivity contribution is -0.121. The van der Waals surface area contributed by atoms with E-state index in [-0.39, 0.29) is 18.2 Å². The number of hydrogen-bond acceptors (Lipinski definition) is 5. The molecule has 2 N–H and O–H groups in total. The lowest BCUT2D eigenvalue weighted by Gasteiger charge is -2.07. The summed E-state index contributed by atoms with van der Waals surface area (Å²) < 4.78 is 15.6. The van der Waals surface area contributed by atoms with Crippen molar-refractivity contribution >= 4 is 11.9 Å². The van der Waals surface area contributed by atoms with Crippen LogP contribution < -0.4 is 14.8 Å². The average molecular weight is 333 g/mol. The second-order valence-corrected chi connectivity index (χ2v) is 4.98. The first-order chi connectivity index (χ1) is 11.6. The van der Waals surface area contributed by atoms with Crippen LogP contribution in [0.1, 0.15) is 29.2 Å². The Labute approximate surface area is 139 Å². The summed E-state index contributed by atoms with van der Waals surface area (Å²) in [6.07, 6.45) is 0.874. The zero-order chi connectivity index (χ0) is 17.4. The molecule has 0 aliphatic rings. The zero-order valence-corrected chi connectivity index (χ0v) is 13.3. The van der Waals surface area contributed by atoms with Crippen LogP contribution in [0, 0.1) is 0 Å². The molecule has 7 heteroatoms. The zero-order valence-electron chi connectivity index (χ0n) is 13.3. The third-order valence-electron chi connectivity index (χ3n) is 3.21. The van der Waals surface area contributed by atoms with Crippen LogP contribution in [-0.4, -0.2) is 30.7 Å². The molecule has 1 aromatic carbocycles. The molecule has 0 unspecified atom stereocenters. The van der Waals surface area contributed by atoms with E-state index in [9.17, 15) is 9.59 Å². The van der Waals surface area contributed by atoms with Gasteiger partial charge in [0.25, 0.3) is 0 Å². The molecule has 128 valence electrons. The normalized spacial score (nSPS) is 10.2. The van der Waals surface area contributed by atoms with Gasteiger partial charge in [-0.05, 0) is 42.8 Å². The van der Waals surface area contributed by atoms with Crippen molar-refractivity contribution in [1.82, 2.24) is 5.32 Å². The lowest BCUT2D eigenvalue weighted by atomic mass is 10.3. The van der Waals surface area contributed by atoms with Crippen molar-refractivity contribution in [2.45, 2.75) is 19.4 Å². The predicted molar refractivity (Wildman–Crippen MR) is 85.2 cm³/mol. The van der Waals surface area contributed by atoms with Crippen molar-refractivity contribution in [3.63, 3.8) is 0 Å². The second-order valence-electron chi connectivity index (χ2n) is 4.98.